The summed E-state index contributed by atoms with van der Waals surface area (Å²) < 4.78 is 13.3. The third-order valence-electron chi connectivity index (χ3n) is 2.82. The van der Waals surface area contributed by atoms with Crippen LogP contribution in [0.1, 0.15) is 30.1 Å². The van der Waals surface area contributed by atoms with Crippen molar-refractivity contribution in [1.29, 1.82) is 0 Å². The number of rotatable bonds is 3. The zero-order valence-corrected chi connectivity index (χ0v) is 9.20. The van der Waals surface area contributed by atoms with Crippen molar-refractivity contribution in [3.8, 4) is 0 Å². The molecule has 0 bridgehead atoms. The van der Waals surface area contributed by atoms with Gasteiger partial charge >= 0.3 is 5.69 Å². The summed E-state index contributed by atoms with van der Waals surface area (Å²) in [4.78, 5) is 21.3. The maximum Gasteiger partial charge on any atom is 0.304 e. The van der Waals surface area contributed by atoms with Crippen molar-refractivity contribution in [2.24, 2.45) is 0 Å². The van der Waals surface area contributed by atoms with E-state index in [0.29, 0.717) is 0 Å². The minimum atomic E-state index is -0.997. The van der Waals surface area contributed by atoms with Gasteiger partial charge in [0.15, 0.2) is 0 Å². The number of benzene rings is 1. The number of nitrogens with one attached hydrogen (secondary N) is 1. The average molecular weight is 238 g/mol. The van der Waals surface area contributed by atoms with Gasteiger partial charge in [-0.05, 0) is 31.9 Å². The van der Waals surface area contributed by atoms with Gasteiger partial charge in [-0.2, -0.15) is 4.39 Å². The molecule has 0 heterocycles. The van der Waals surface area contributed by atoms with Crippen molar-refractivity contribution in [3.05, 3.63) is 39.7 Å². The van der Waals surface area contributed by atoms with Gasteiger partial charge < -0.3 is 5.32 Å². The molecule has 1 aliphatic rings. The van der Waals surface area contributed by atoms with Crippen LogP contribution in [0.15, 0.2) is 18.2 Å². The Hall–Kier alpha value is -1.98. The van der Waals surface area contributed by atoms with E-state index in [4.69, 9.17) is 0 Å². The molecule has 1 saturated carbocycles. The first-order valence-electron chi connectivity index (χ1n) is 5.18. The molecule has 1 N–H and O–H groups in total. The zero-order valence-electron chi connectivity index (χ0n) is 9.20. The van der Waals surface area contributed by atoms with Crippen LogP contribution in [0.4, 0.5) is 10.1 Å². The van der Waals surface area contributed by atoms with E-state index < -0.39 is 22.3 Å². The van der Waals surface area contributed by atoms with Gasteiger partial charge in [0, 0.05) is 17.2 Å². The SMILES string of the molecule is CC1(NC(=O)c2ccc([N+](=O)[O-])c(F)c2)CC1. The van der Waals surface area contributed by atoms with E-state index in [0.717, 1.165) is 25.0 Å². The Morgan fingerprint density at radius 2 is 2.18 bits per heavy atom. The summed E-state index contributed by atoms with van der Waals surface area (Å²) >= 11 is 0. The molecule has 0 atom stereocenters. The van der Waals surface area contributed by atoms with Crippen molar-refractivity contribution in [2.45, 2.75) is 25.3 Å². The molecule has 90 valence electrons. The van der Waals surface area contributed by atoms with Crippen LogP contribution < -0.4 is 5.32 Å². The van der Waals surface area contributed by atoms with Gasteiger partial charge in [0.25, 0.3) is 5.91 Å². The second-order valence-corrected chi connectivity index (χ2v) is 4.44. The number of amides is 1. The lowest BCUT2D eigenvalue weighted by molar-refractivity contribution is -0.387. The number of nitro groups is 1. The number of hydrogen-bond acceptors (Lipinski definition) is 3. The molecule has 0 aromatic heterocycles. The number of halogens is 1. The highest BCUT2D eigenvalue weighted by Gasteiger charge is 2.38. The fraction of sp³-hybridized carbons (Fsp3) is 0.364. The molecular formula is C11H11FN2O3. The predicted molar refractivity (Wildman–Crippen MR) is 58.2 cm³/mol. The normalized spacial score (nSPS) is 16.4. The molecule has 1 aromatic carbocycles. The Kier molecular flexibility index (Phi) is 2.57. The second kappa shape index (κ2) is 3.80. The maximum atomic E-state index is 13.3. The quantitative estimate of drug-likeness (QED) is 0.646. The summed E-state index contributed by atoms with van der Waals surface area (Å²) in [7, 11) is 0. The molecule has 1 amide bonds. The molecule has 0 saturated heterocycles. The van der Waals surface area contributed by atoms with Crippen LogP contribution in [0, 0.1) is 15.9 Å². The van der Waals surface area contributed by atoms with Crippen LogP contribution in [0.3, 0.4) is 0 Å². The summed E-state index contributed by atoms with van der Waals surface area (Å²) in [5, 5.41) is 13.2. The molecular weight excluding hydrogens is 227 g/mol. The van der Waals surface area contributed by atoms with E-state index in [-0.39, 0.29) is 11.1 Å². The zero-order chi connectivity index (χ0) is 12.6. The largest absolute Gasteiger partial charge is 0.347 e. The molecule has 2 rings (SSSR count). The van der Waals surface area contributed by atoms with Crippen molar-refractivity contribution in [3.63, 3.8) is 0 Å². The highest BCUT2D eigenvalue weighted by atomic mass is 19.1. The summed E-state index contributed by atoms with van der Waals surface area (Å²) in [5.74, 6) is -1.40. The van der Waals surface area contributed by atoms with Crippen LogP contribution in [-0.4, -0.2) is 16.4 Å². The molecule has 0 unspecified atom stereocenters. The molecule has 1 fully saturated rings. The lowest BCUT2D eigenvalue weighted by atomic mass is 10.1. The van der Waals surface area contributed by atoms with Crippen LogP contribution in [-0.2, 0) is 0 Å². The topological polar surface area (TPSA) is 72.2 Å². The Bertz CT molecular complexity index is 497. The van der Waals surface area contributed by atoms with Crippen molar-refractivity contribution in [2.75, 3.05) is 0 Å². The van der Waals surface area contributed by atoms with Gasteiger partial charge in [-0.15, -0.1) is 0 Å². The standard InChI is InChI=1S/C11H11FN2O3/c1-11(4-5-11)13-10(15)7-2-3-9(14(16)17)8(12)6-7/h2-3,6H,4-5H2,1H3,(H,13,15). The number of nitrogens with zero attached hydrogens (tertiary/aromatic N) is 1. The third-order valence-corrected chi connectivity index (χ3v) is 2.82. The van der Waals surface area contributed by atoms with Crippen LogP contribution in [0.2, 0.25) is 0 Å². The minimum Gasteiger partial charge on any atom is -0.347 e. The first kappa shape index (κ1) is 11.5. The number of carbonyl (C=O) groups excluding carboxylic acids is 1. The van der Waals surface area contributed by atoms with Gasteiger partial charge in [0.05, 0.1) is 4.92 Å². The molecule has 0 spiro atoms. The van der Waals surface area contributed by atoms with Crippen molar-refractivity contribution in [1.82, 2.24) is 5.32 Å². The molecule has 0 radical (unpaired) electrons. The van der Waals surface area contributed by atoms with Crippen LogP contribution in [0.25, 0.3) is 0 Å². The first-order valence-corrected chi connectivity index (χ1v) is 5.18. The number of carbonyl (C=O) groups is 1. The predicted octanol–water partition coefficient (Wildman–Crippen LogP) is 2.02. The lowest BCUT2D eigenvalue weighted by Gasteiger charge is -2.11. The third kappa shape index (κ3) is 2.41. The van der Waals surface area contributed by atoms with E-state index in [2.05, 4.69) is 5.32 Å². The van der Waals surface area contributed by atoms with Crippen molar-refractivity contribution < 1.29 is 14.1 Å². The fourth-order valence-electron chi connectivity index (χ4n) is 1.45. The highest BCUT2D eigenvalue weighted by Crippen LogP contribution is 2.34. The van der Waals surface area contributed by atoms with E-state index in [9.17, 15) is 19.3 Å². The minimum absolute atomic E-state index is 0.0984. The molecule has 6 heteroatoms. The molecule has 5 nitrogen and oxygen atoms in total. The summed E-state index contributed by atoms with van der Waals surface area (Å²) in [5.41, 5.74) is -0.726. The Morgan fingerprint density at radius 3 is 2.65 bits per heavy atom. The molecule has 1 aliphatic carbocycles. The average Bonchev–Trinajstić information content (AvgIpc) is 2.95. The van der Waals surface area contributed by atoms with Gasteiger partial charge in [0.1, 0.15) is 0 Å². The Morgan fingerprint density at radius 1 is 1.53 bits per heavy atom. The van der Waals surface area contributed by atoms with E-state index in [1.54, 1.807) is 0 Å². The van der Waals surface area contributed by atoms with Gasteiger partial charge in [-0.25, -0.2) is 0 Å². The van der Waals surface area contributed by atoms with Crippen LogP contribution >= 0.6 is 0 Å². The van der Waals surface area contributed by atoms with E-state index in [1.165, 1.54) is 6.07 Å². The van der Waals surface area contributed by atoms with E-state index in [1.807, 2.05) is 6.92 Å². The van der Waals surface area contributed by atoms with Gasteiger partial charge in [-0.3, -0.25) is 14.9 Å². The smallest absolute Gasteiger partial charge is 0.304 e. The number of nitro benzene ring substituents is 1. The Balaban J connectivity index is 2.19. The molecule has 17 heavy (non-hydrogen) atoms. The molecule has 1 aromatic rings. The summed E-state index contributed by atoms with van der Waals surface area (Å²) in [6.45, 7) is 1.90. The second-order valence-electron chi connectivity index (χ2n) is 4.44. The monoisotopic (exact) mass is 238 g/mol. The lowest BCUT2D eigenvalue weighted by Crippen LogP contribution is -2.34. The van der Waals surface area contributed by atoms with Crippen LogP contribution in [0.5, 0.6) is 0 Å². The highest BCUT2D eigenvalue weighted by molar-refractivity contribution is 5.95. The van der Waals surface area contributed by atoms with Gasteiger partial charge in [0.2, 0.25) is 5.82 Å². The summed E-state index contributed by atoms with van der Waals surface area (Å²) in [6.07, 6.45) is 1.79. The first-order chi connectivity index (χ1) is 7.91. The van der Waals surface area contributed by atoms with Gasteiger partial charge in [-0.1, -0.05) is 0 Å². The fourth-order valence-corrected chi connectivity index (χ4v) is 1.45. The van der Waals surface area contributed by atoms with Crippen molar-refractivity contribution >= 4 is 11.6 Å². The summed E-state index contributed by atoms with van der Waals surface area (Å²) in [6, 6.07) is 3.14. The maximum absolute atomic E-state index is 13.3. The number of hydrogen-bond donors (Lipinski definition) is 1. The Labute approximate surface area is 96.8 Å². The molecule has 0 aliphatic heterocycles. The van der Waals surface area contributed by atoms with E-state index >= 15 is 0 Å².